The number of nitrogens with zero attached hydrogens (tertiary/aromatic N) is 5. The van der Waals surface area contributed by atoms with Crippen molar-refractivity contribution in [3.63, 3.8) is 0 Å². The van der Waals surface area contributed by atoms with Crippen LogP contribution in [0.4, 0.5) is 0 Å². The van der Waals surface area contributed by atoms with Gasteiger partial charge in [-0.05, 0) is 26.2 Å². The molecule has 1 aliphatic rings. The second-order valence-corrected chi connectivity index (χ2v) is 5.07. The van der Waals surface area contributed by atoms with Crippen LogP contribution in [0.1, 0.15) is 30.9 Å². The molecular formula is C13H22IN7. The van der Waals surface area contributed by atoms with E-state index in [4.69, 9.17) is 5.26 Å². The molecule has 0 spiro atoms. The van der Waals surface area contributed by atoms with E-state index < -0.39 is 0 Å². The third-order valence-electron chi connectivity index (χ3n) is 3.82. The number of aryl methyl sites for hydroxylation is 1. The fraction of sp³-hybridized carbons (Fsp3) is 0.692. The molecule has 1 saturated carbocycles. The van der Waals surface area contributed by atoms with Crippen molar-refractivity contribution < 1.29 is 0 Å². The maximum atomic E-state index is 9.10. The topological polar surface area (TPSA) is 90.9 Å². The number of aliphatic imine (C=N–C) groups is 1. The molecule has 0 amide bonds. The molecule has 2 unspecified atom stereocenters. The zero-order chi connectivity index (χ0) is 14.5. The van der Waals surface area contributed by atoms with Crippen molar-refractivity contribution in [3.05, 3.63) is 11.6 Å². The lowest BCUT2D eigenvalue weighted by Gasteiger charge is -2.19. The van der Waals surface area contributed by atoms with Crippen LogP contribution < -0.4 is 10.6 Å². The molecule has 2 rings (SSSR count). The van der Waals surface area contributed by atoms with Gasteiger partial charge in [0.1, 0.15) is 5.82 Å². The molecule has 2 N–H and O–H groups in total. The lowest BCUT2D eigenvalue weighted by Crippen LogP contribution is -2.44. The van der Waals surface area contributed by atoms with Crippen LogP contribution in [0.2, 0.25) is 0 Å². The van der Waals surface area contributed by atoms with Gasteiger partial charge >= 0.3 is 0 Å². The molecule has 0 radical (unpaired) electrons. The van der Waals surface area contributed by atoms with Crippen LogP contribution in [-0.2, 0) is 13.6 Å². The first kappa shape index (κ1) is 17.7. The quantitative estimate of drug-likeness (QED) is 0.448. The molecule has 116 valence electrons. The number of nitrogens with one attached hydrogen (secondary N) is 2. The Morgan fingerprint density at radius 2 is 2.24 bits per heavy atom. The van der Waals surface area contributed by atoms with Gasteiger partial charge in [-0.25, -0.2) is 0 Å². The van der Waals surface area contributed by atoms with E-state index in [9.17, 15) is 0 Å². The van der Waals surface area contributed by atoms with Crippen molar-refractivity contribution in [2.75, 3.05) is 7.05 Å². The van der Waals surface area contributed by atoms with Crippen LogP contribution in [0.5, 0.6) is 0 Å². The Balaban J connectivity index is 0.00000220. The average Bonchev–Trinajstić information content (AvgIpc) is 3.03. The highest BCUT2D eigenvalue weighted by Gasteiger charge is 2.27. The molecule has 1 heterocycles. The van der Waals surface area contributed by atoms with E-state index in [-0.39, 0.29) is 35.9 Å². The zero-order valence-electron chi connectivity index (χ0n) is 12.6. The lowest BCUT2D eigenvalue weighted by atomic mass is 10.1. The van der Waals surface area contributed by atoms with Crippen molar-refractivity contribution in [3.8, 4) is 6.07 Å². The molecule has 0 saturated heterocycles. The molecule has 0 aliphatic heterocycles. The standard InChI is InChI=1S/C13H21N7.HI/c1-9-18-19-12(20(9)3)8-16-13(15-2)17-11-6-4-5-10(11)7-14;/h10-11H,4-6,8H2,1-3H3,(H2,15,16,17);1H. The number of nitriles is 1. The molecule has 1 aliphatic carbocycles. The van der Waals surface area contributed by atoms with Crippen molar-refractivity contribution in [2.45, 2.75) is 38.8 Å². The minimum atomic E-state index is 0. The number of guanidine groups is 1. The van der Waals surface area contributed by atoms with Gasteiger partial charge in [-0.1, -0.05) is 0 Å². The largest absolute Gasteiger partial charge is 0.352 e. The fourth-order valence-electron chi connectivity index (χ4n) is 2.43. The average molecular weight is 403 g/mol. The summed E-state index contributed by atoms with van der Waals surface area (Å²) in [5, 5.41) is 23.8. The summed E-state index contributed by atoms with van der Waals surface area (Å²) in [4.78, 5) is 4.20. The number of rotatable bonds is 3. The molecule has 21 heavy (non-hydrogen) atoms. The van der Waals surface area contributed by atoms with E-state index in [1.165, 1.54) is 0 Å². The molecular weight excluding hydrogens is 381 g/mol. The maximum absolute atomic E-state index is 9.10. The van der Waals surface area contributed by atoms with E-state index in [0.29, 0.717) is 12.5 Å². The van der Waals surface area contributed by atoms with Gasteiger partial charge < -0.3 is 15.2 Å². The summed E-state index contributed by atoms with van der Waals surface area (Å²) in [7, 11) is 3.67. The zero-order valence-corrected chi connectivity index (χ0v) is 15.0. The fourth-order valence-corrected chi connectivity index (χ4v) is 2.43. The van der Waals surface area contributed by atoms with Gasteiger partial charge in [-0.2, -0.15) is 5.26 Å². The number of hydrogen-bond donors (Lipinski definition) is 2. The van der Waals surface area contributed by atoms with Crippen molar-refractivity contribution in [1.82, 2.24) is 25.4 Å². The molecule has 0 aromatic carbocycles. The van der Waals surface area contributed by atoms with Crippen LogP contribution in [0, 0.1) is 24.2 Å². The maximum Gasteiger partial charge on any atom is 0.191 e. The molecule has 0 bridgehead atoms. The summed E-state index contributed by atoms with van der Waals surface area (Å²) in [5.74, 6) is 2.52. The van der Waals surface area contributed by atoms with Crippen molar-refractivity contribution >= 4 is 29.9 Å². The summed E-state index contributed by atoms with van der Waals surface area (Å²) in [6.07, 6.45) is 3.07. The SMILES string of the molecule is CN=C(NCc1nnc(C)n1C)NC1CCCC1C#N.I. The molecule has 1 fully saturated rings. The molecule has 8 heteroatoms. The number of halogens is 1. The van der Waals surface area contributed by atoms with E-state index >= 15 is 0 Å². The van der Waals surface area contributed by atoms with E-state index in [1.54, 1.807) is 7.05 Å². The monoisotopic (exact) mass is 403 g/mol. The van der Waals surface area contributed by atoms with Crippen LogP contribution in [0.3, 0.4) is 0 Å². The molecule has 7 nitrogen and oxygen atoms in total. The lowest BCUT2D eigenvalue weighted by molar-refractivity contribution is 0.531. The molecule has 1 aromatic rings. The normalized spacial score (nSPS) is 21.5. The summed E-state index contributed by atoms with van der Waals surface area (Å²) in [5.41, 5.74) is 0. The highest BCUT2D eigenvalue weighted by atomic mass is 127. The van der Waals surface area contributed by atoms with Gasteiger partial charge in [-0.3, -0.25) is 4.99 Å². The summed E-state index contributed by atoms with van der Waals surface area (Å²) in [6.45, 7) is 2.47. The Hall–Kier alpha value is -1.37. The summed E-state index contributed by atoms with van der Waals surface area (Å²) < 4.78 is 1.94. The summed E-state index contributed by atoms with van der Waals surface area (Å²) >= 11 is 0. The first-order valence-electron chi connectivity index (χ1n) is 6.87. The first-order valence-corrected chi connectivity index (χ1v) is 6.87. The van der Waals surface area contributed by atoms with Gasteiger partial charge in [-0.15, -0.1) is 34.2 Å². The van der Waals surface area contributed by atoms with Gasteiger partial charge in [0.05, 0.1) is 18.5 Å². The van der Waals surface area contributed by atoms with Crippen LogP contribution in [0.25, 0.3) is 0 Å². The van der Waals surface area contributed by atoms with E-state index in [2.05, 4.69) is 31.9 Å². The van der Waals surface area contributed by atoms with E-state index in [0.717, 1.165) is 30.9 Å². The van der Waals surface area contributed by atoms with Crippen molar-refractivity contribution in [2.24, 2.45) is 18.0 Å². The number of aromatic nitrogens is 3. The van der Waals surface area contributed by atoms with Gasteiger partial charge in [0, 0.05) is 20.1 Å². The number of hydrogen-bond acceptors (Lipinski definition) is 4. The second kappa shape index (κ2) is 8.17. The predicted molar refractivity (Wildman–Crippen MR) is 91.2 cm³/mol. The second-order valence-electron chi connectivity index (χ2n) is 5.07. The first-order chi connectivity index (χ1) is 9.65. The Morgan fingerprint density at radius 3 is 2.81 bits per heavy atom. The molecule has 1 aromatic heterocycles. The Kier molecular flexibility index (Phi) is 6.87. The van der Waals surface area contributed by atoms with Gasteiger partial charge in [0.15, 0.2) is 11.8 Å². The minimum absolute atomic E-state index is 0. The smallest absolute Gasteiger partial charge is 0.191 e. The molecule has 2 atom stereocenters. The predicted octanol–water partition coefficient (Wildman–Crippen LogP) is 1.10. The Bertz CT molecular complexity index is 531. The highest BCUT2D eigenvalue weighted by molar-refractivity contribution is 14.0. The highest BCUT2D eigenvalue weighted by Crippen LogP contribution is 2.24. The van der Waals surface area contributed by atoms with Crippen LogP contribution >= 0.6 is 24.0 Å². The third-order valence-corrected chi connectivity index (χ3v) is 3.82. The van der Waals surface area contributed by atoms with Gasteiger partial charge in [0.25, 0.3) is 0 Å². The Morgan fingerprint density at radius 1 is 1.48 bits per heavy atom. The Labute approximate surface area is 142 Å². The summed E-state index contributed by atoms with van der Waals surface area (Å²) in [6, 6.07) is 2.55. The van der Waals surface area contributed by atoms with Gasteiger partial charge in [0.2, 0.25) is 0 Å². The third kappa shape index (κ3) is 4.30. The minimum Gasteiger partial charge on any atom is -0.352 e. The van der Waals surface area contributed by atoms with E-state index in [1.807, 2.05) is 18.5 Å². The van der Waals surface area contributed by atoms with Crippen LogP contribution in [0.15, 0.2) is 4.99 Å². The van der Waals surface area contributed by atoms with Crippen molar-refractivity contribution in [1.29, 1.82) is 5.26 Å². The van der Waals surface area contributed by atoms with Crippen LogP contribution in [-0.4, -0.2) is 33.8 Å².